The number of hydrogen-bond donors (Lipinski definition) is 0. The lowest BCUT2D eigenvalue weighted by Gasteiger charge is -2.05. The minimum atomic E-state index is -0.469. The van der Waals surface area contributed by atoms with E-state index in [4.69, 9.17) is 4.74 Å². The van der Waals surface area contributed by atoms with Crippen molar-refractivity contribution in [2.24, 2.45) is 0 Å². The van der Waals surface area contributed by atoms with Crippen LogP contribution in [0.15, 0.2) is 24.3 Å². The molecule has 6 heteroatoms. The highest BCUT2D eigenvalue weighted by Crippen LogP contribution is 2.28. The number of aldehydes is 1. The van der Waals surface area contributed by atoms with Crippen LogP contribution in [-0.2, 0) is 11.5 Å². The molecule has 2 rings (SSSR count). The number of para-hydroxylation sites is 1. The number of hydrogen-bond acceptors (Lipinski definition) is 4. The highest BCUT2D eigenvalue weighted by atomic mass is 16.6. The van der Waals surface area contributed by atoms with Gasteiger partial charge in [0.05, 0.1) is 10.6 Å². The normalized spacial score (nSPS) is 10.6. The van der Waals surface area contributed by atoms with Gasteiger partial charge in [0.25, 0.3) is 5.69 Å². The van der Waals surface area contributed by atoms with Crippen molar-refractivity contribution in [1.82, 2.24) is 4.57 Å². The van der Waals surface area contributed by atoms with E-state index in [0.717, 1.165) is 0 Å². The highest BCUT2D eigenvalue weighted by molar-refractivity contribution is 5.94. The topological polar surface area (TPSA) is 74.4 Å². The van der Waals surface area contributed by atoms with Crippen LogP contribution >= 0.6 is 0 Å². The molecular formula is C11H10N2O4. The molecule has 0 N–H and O–H groups in total. The second-order valence-electron chi connectivity index (χ2n) is 3.50. The van der Waals surface area contributed by atoms with Crippen molar-refractivity contribution in [2.45, 2.75) is 6.73 Å². The number of rotatable bonds is 4. The molecule has 0 radical (unpaired) electrons. The van der Waals surface area contributed by atoms with E-state index in [9.17, 15) is 14.9 Å². The van der Waals surface area contributed by atoms with Gasteiger partial charge in [-0.2, -0.15) is 0 Å². The van der Waals surface area contributed by atoms with Gasteiger partial charge in [0.15, 0.2) is 6.29 Å². The summed E-state index contributed by atoms with van der Waals surface area (Å²) in [6.07, 6.45) is 0.656. The van der Waals surface area contributed by atoms with Crippen LogP contribution in [-0.4, -0.2) is 22.9 Å². The molecule has 0 bridgehead atoms. The summed E-state index contributed by atoms with van der Waals surface area (Å²) in [7, 11) is 1.47. The Kier molecular flexibility index (Phi) is 2.88. The van der Waals surface area contributed by atoms with Crippen LogP contribution in [0.3, 0.4) is 0 Å². The van der Waals surface area contributed by atoms with Gasteiger partial charge in [0.1, 0.15) is 12.2 Å². The number of nitro benzene ring substituents is 1. The molecule has 2 aromatic rings. The smallest absolute Gasteiger partial charge is 0.293 e. The minimum Gasteiger partial charge on any atom is -0.364 e. The van der Waals surface area contributed by atoms with Crippen LogP contribution in [0, 0.1) is 10.1 Å². The molecule has 1 aromatic heterocycles. The Hall–Kier alpha value is -2.21. The zero-order valence-corrected chi connectivity index (χ0v) is 9.12. The second-order valence-corrected chi connectivity index (χ2v) is 3.50. The number of fused-ring (bicyclic) bond motifs is 1. The zero-order valence-electron chi connectivity index (χ0n) is 9.12. The summed E-state index contributed by atoms with van der Waals surface area (Å²) in [4.78, 5) is 21.4. The Morgan fingerprint density at radius 1 is 1.53 bits per heavy atom. The van der Waals surface area contributed by atoms with E-state index >= 15 is 0 Å². The van der Waals surface area contributed by atoms with Gasteiger partial charge in [-0.05, 0) is 6.07 Å². The molecule has 0 aliphatic carbocycles. The summed E-state index contributed by atoms with van der Waals surface area (Å²) < 4.78 is 6.44. The van der Waals surface area contributed by atoms with Gasteiger partial charge in [0.2, 0.25) is 0 Å². The van der Waals surface area contributed by atoms with Crippen LogP contribution in [0.25, 0.3) is 10.9 Å². The van der Waals surface area contributed by atoms with E-state index in [1.807, 2.05) is 0 Å². The third kappa shape index (κ3) is 1.78. The fourth-order valence-corrected chi connectivity index (χ4v) is 1.84. The maximum Gasteiger partial charge on any atom is 0.293 e. The predicted molar refractivity (Wildman–Crippen MR) is 61.0 cm³/mol. The van der Waals surface area contributed by atoms with Crippen molar-refractivity contribution < 1.29 is 14.5 Å². The Morgan fingerprint density at radius 2 is 2.29 bits per heavy atom. The zero-order chi connectivity index (χ0) is 12.4. The number of nitrogens with zero attached hydrogens (tertiary/aromatic N) is 2. The Labute approximate surface area is 96.6 Å². The standard InChI is InChI=1S/C11H10N2O4/c1-17-7-12-9(6-14)5-8-3-2-4-10(11(8)12)13(15)16/h2-6H,7H2,1H3. The van der Waals surface area contributed by atoms with Crippen LogP contribution in [0.5, 0.6) is 0 Å². The predicted octanol–water partition coefficient (Wildman–Crippen LogP) is 1.97. The number of aromatic nitrogens is 1. The third-order valence-electron chi connectivity index (χ3n) is 2.51. The molecule has 0 fully saturated rings. The van der Waals surface area contributed by atoms with Crippen molar-refractivity contribution in [2.75, 3.05) is 7.11 Å². The molecule has 6 nitrogen and oxygen atoms in total. The molecule has 0 saturated heterocycles. The molecule has 1 heterocycles. The molecule has 1 aromatic carbocycles. The molecular weight excluding hydrogens is 224 g/mol. The van der Waals surface area contributed by atoms with Crippen molar-refractivity contribution in [1.29, 1.82) is 0 Å². The number of nitro groups is 1. The summed E-state index contributed by atoms with van der Waals surface area (Å²) in [5.41, 5.74) is 0.727. The first-order chi connectivity index (χ1) is 8.19. The van der Waals surface area contributed by atoms with E-state index in [2.05, 4.69) is 0 Å². The fraction of sp³-hybridized carbons (Fsp3) is 0.182. The minimum absolute atomic E-state index is 0.0346. The summed E-state index contributed by atoms with van der Waals surface area (Å²) in [6.45, 7) is 0.0996. The first kappa shape index (κ1) is 11.3. The molecule has 0 aliphatic heterocycles. The van der Waals surface area contributed by atoms with E-state index in [1.165, 1.54) is 17.7 Å². The number of ether oxygens (including phenoxy) is 1. The van der Waals surface area contributed by atoms with Crippen molar-refractivity contribution >= 4 is 22.9 Å². The SMILES string of the molecule is COCn1c(C=O)cc2cccc([N+](=O)[O-])c21. The van der Waals surface area contributed by atoms with Crippen LogP contribution in [0.2, 0.25) is 0 Å². The Bertz CT molecular complexity index is 588. The average molecular weight is 234 g/mol. The summed E-state index contributed by atoms with van der Waals surface area (Å²) in [5.74, 6) is 0. The van der Waals surface area contributed by atoms with E-state index < -0.39 is 4.92 Å². The maximum absolute atomic E-state index is 10.9. The van der Waals surface area contributed by atoms with Gasteiger partial charge in [-0.15, -0.1) is 0 Å². The molecule has 17 heavy (non-hydrogen) atoms. The third-order valence-corrected chi connectivity index (χ3v) is 2.51. The van der Waals surface area contributed by atoms with Gasteiger partial charge in [-0.1, -0.05) is 12.1 Å². The van der Waals surface area contributed by atoms with E-state index in [-0.39, 0.29) is 12.4 Å². The number of methoxy groups -OCH3 is 1. The Balaban J connectivity index is 2.81. The summed E-state index contributed by atoms with van der Waals surface area (Å²) >= 11 is 0. The van der Waals surface area contributed by atoms with Gasteiger partial charge < -0.3 is 9.30 Å². The summed E-state index contributed by atoms with van der Waals surface area (Å²) in [6, 6.07) is 6.32. The first-order valence-electron chi connectivity index (χ1n) is 4.89. The van der Waals surface area contributed by atoms with Crippen molar-refractivity contribution in [3.8, 4) is 0 Å². The van der Waals surface area contributed by atoms with Crippen LogP contribution in [0.4, 0.5) is 5.69 Å². The Morgan fingerprint density at radius 3 is 2.88 bits per heavy atom. The van der Waals surface area contributed by atoms with Crippen molar-refractivity contribution in [3.05, 3.63) is 40.1 Å². The second kappa shape index (κ2) is 4.34. The lowest BCUT2D eigenvalue weighted by Crippen LogP contribution is -2.05. The first-order valence-corrected chi connectivity index (χ1v) is 4.89. The molecule has 0 spiro atoms. The quantitative estimate of drug-likeness (QED) is 0.460. The number of carbonyl (C=O) groups excluding carboxylic acids is 1. The lowest BCUT2D eigenvalue weighted by molar-refractivity contribution is -0.383. The van der Waals surface area contributed by atoms with Gasteiger partial charge >= 0.3 is 0 Å². The number of carbonyl (C=O) groups is 1. The van der Waals surface area contributed by atoms with Gasteiger partial charge in [-0.3, -0.25) is 14.9 Å². The van der Waals surface area contributed by atoms with Gasteiger partial charge in [0, 0.05) is 18.6 Å². The lowest BCUT2D eigenvalue weighted by atomic mass is 10.2. The molecule has 88 valence electrons. The summed E-state index contributed by atoms with van der Waals surface area (Å²) in [5, 5.41) is 11.6. The van der Waals surface area contributed by atoms with E-state index in [0.29, 0.717) is 22.9 Å². The molecule has 0 saturated carbocycles. The largest absolute Gasteiger partial charge is 0.364 e. The fourth-order valence-electron chi connectivity index (χ4n) is 1.84. The highest BCUT2D eigenvalue weighted by Gasteiger charge is 2.18. The van der Waals surface area contributed by atoms with E-state index in [1.54, 1.807) is 18.2 Å². The van der Waals surface area contributed by atoms with Crippen LogP contribution < -0.4 is 0 Å². The molecule has 0 atom stereocenters. The number of benzene rings is 1. The van der Waals surface area contributed by atoms with Gasteiger partial charge in [-0.25, -0.2) is 0 Å². The number of non-ortho nitro benzene ring substituents is 1. The molecule has 0 aliphatic rings. The van der Waals surface area contributed by atoms with Crippen LogP contribution in [0.1, 0.15) is 10.5 Å². The molecule has 0 amide bonds. The average Bonchev–Trinajstić information content (AvgIpc) is 2.67. The van der Waals surface area contributed by atoms with Crippen molar-refractivity contribution in [3.63, 3.8) is 0 Å². The maximum atomic E-state index is 10.9. The monoisotopic (exact) mass is 234 g/mol. The molecule has 0 unspecified atom stereocenters.